The Hall–Kier alpha value is -1.88. The fourth-order valence-corrected chi connectivity index (χ4v) is 1.93. The van der Waals surface area contributed by atoms with E-state index in [1.807, 2.05) is 11.6 Å². The third-order valence-corrected chi connectivity index (χ3v) is 2.89. The molecule has 2 N–H and O–H groups in total. The molecule has 4 nitrogen and oxygen atoms in total. The van der Waals surface area contributed by atoms with E-state index in [4.69, 9.17) is 10.5 Å². The fourth-order valence-electron chi connectivity index (χ4n) is 1.93. The third kappa shape index (κ3) is 2.22. The molecule has 1 aromatic heterocycles. The standard InChI is InChI=1S/C13H16FN3O/c1-17-10(5-6-15)8-16-13(17)11-7-9(14)3-4-12(11)18-2/h3-4,7-8H,5-6,15H2,1-2H3. The molecule has 0 aliphatic carbocycles. The van der Waals surface area contributed by atoms with Crippen LogP contribution in [-0.2, 0) is 13.5 Å². The monoisotopic (exact) mass is 249 g/mol. The Morgan fingerprint density at radius 3 is 2.89 bits per heavy atom. The zero-order valence-electron chi connectivity index (χ0n) is 10.5. The summed E-state index contributed by atoms with van der Waals surface area (Å²) in [7, 11) is 3.44. The van der Waals surface area contributed by atoms with E-state index in [0.29, 0.717) is 23.7 Å². The molecule has 0 fully saturated rings. The van der Waals surface area contributed by atoms with Crippen molar-refractivity contribution in [3.63, 3.8) is 0 Å². The Kier molecular flexibility index (Phi) is 3.62. The molecule has 0 atom stereocenters. The second kappa shape index (κ2) is 5.18. The van der Waals surface area contributed by atoms with Crippen molar-refractivity contribution in [1.82, 2.24) is 9.55 Å². The highest BCUT2D eigenvalue weighted by atomic mass is 19.1. The van der Waals surface area contributed by atoms with E-state index in [9.17, 15) is 4.39 Å². The smallest absolute Gasteiger partial charge is 0.143 e. The second-order valence-corrected chi connectivity index (χ2v) is 4.02. The minimum Gasteiger partial charge on any atom is -0.496 e. The summed E-state index contributed by atoms with van der Waals surface area (Å²) in [6, 6.07) is 4.39. The van der Waals surface area contributed by atoms with Crippen molar-refractivity contribution in [2.45, 2.75) is 6.42 Å². The number of imidazole rings is 1. The number of methoxy groups -OCH3 is 1. The van der Waals surface area contributed by atoms with Crippen molar-refractivity contribution in [2.24, 2.45) is 12.8 Å². The fraction of sp³-hybridized carbons (Fsp3) is 0.308. The largest absolute Gasteiger partial charge is 0.496 e. The van der Waals surface area contributed by atoms with Gasteiger partial charge in [-0.3, -0.25) is 0 Å². The molecule has 1 aromatic carbocycles. The molecule has 2 rings (SSSR count). The van der Waals surface area contributed by atoms with Crippen molar-refractivity contribution in [1.29, 1.82) is 0 Å². The molecular weight excluding hydrogens is 233 g/mol. The predicted octanol–water partition coefficient (Wildman–Crippen LogP) is 1.74. The van der Waals surface area contributed by atoms with Gasteiger partial charge >= 0.3 is 0 Å². The molecule has 0 radical (unpaired) electrons. The Balaban J connectivity index is 2.51. The van der Waals surface area contributed by atoms with Gasteiger partial charge in [-0.05, 0) is 24.7 Å². The van der Waals surface area contributed by atoms with Crippen molar-refractivity contribution < 1.29 is 9.13 Å². The molecule has 0 saturated heterocycles. The summed E-state index contributed by atoms with van der Waals surface area (Å²) in [5, 5.41) is 0. The molecule has 0 aliphatic heterocycles. The molecule has 18 heavy (non-hydrogen) atoms. The number of rotatable bonds is 4. The van der Waals surface area contributed by atoms with Gasteiger partial charge in [0.25, 0.3) is 0 Å². The Morgan fingerprint density at radius 1 is 1.44 bits per heavy atom. The van der Waals surface area contributed by atoms with Gasteiger partial charge in [0.2, 0.25) is 0 Å². The van der Waals surface area contributed by atoms with Crippen molar-refractivity contribution in [3.05, 3.63) is 35.9 Å². The summed E-state index contributed by atoms with van der Waals surface area (Å²) in [5.74, 6) is 0.966. The van der Waals surface area contributed by atoms with Gasteiger partial charge in [-0.25, -0.2) is 9.37 Å². The van der Waals surface area contributed by atoms with Crippen LogP contribution in [-0.4, -0.2) is 23.2 Å². The van der Waals surface area contributed by atoms with Crippen LogP contribution < -0.4 is 10.5 Å². The number of nitrogens with two attached hydrogens (primary N) is 1. The number of benzene rings is 1. The minimum absolute atomic E-state index is 0.311. The maximum Gasteiger partial charge on any atom is 0.143 e. The lowest BCUT2D eigenvalue weighted by molar-refractivity contribution is 0.415. The van der Waals surface area contributed by atoms with Crippen molar-refractivity contribution >= 4 is 0 Å². The van der Waals surface area contributed by atoms with E-state index in [1.54, 1.807) is 19.4 Å². The summed E-state index contributed by atoms with van der Waals surface area (Å²) in [6.07, 6.45) is 2.49. The lowest BCUT2D eigenvalue weighted by Gasteiger charge is -2.09. The summed E-state index contributed by atoms with van der Waals surface area (Å²) in [6.45, 7) is 0.555. The van der Waals surface area contributed by atoms with E-state index in [2.05, 4.69) is 4.98 Å². The molecule has 0 saturated carbocycles. The van der Waals surface area contributed by atoms with Gasteiger partial charge in [0.15, 0.2) is 0 Å². The normalized spacial score (nSPS) is 10.7. The zero-order chi connectivity index (χ0) is 13.1. The molecule has 0 spiro atoms. The van der Waals surface area contributed by atoms with E-state index in [0.717, 1.165) is 12.1 Å². The Morgan fingerprint density at radius 2 is 2.22 bits per heavy atom. The Bertz CT molecular complexity index is 551. The number of hydrogen-bond donors (Lipinski definition) is 1. The third-order valence-electron chi connectivity index (χ3n) is 2.89. The van der Waals surface area contributed by atoms with Crippen LogP contribution in [0.15, 0.2) is 24.4 Å². The summed E-state index contributed by atoms with van der Waals surface area (Å²) >= 11 is 0. The van der Waals surface area contributed by atoms with Gasteiger partial charge in [0.1, 0.15) is 17.4 Å². The van der Waals surface area contributed by atoms with E-state index in [-0.39, 0.29) is 5.82 Å². The molecule has 0 amide bonds. The average Bonchev–Trinajstić information content (AvgIpc) is 2.72. The molecule has 1 heterocycles. The first-order chi connectivity index (χ1) is 8.67. The maximum absolute atomic E-state index is 13.3. The van der Waals surface area contributed by atoms with Crippen molar-refractivity contribution in [2.75, 3.05) is 13.7 Å². The molecule has 5 heteroatoms. The Labute approximate surface area is 105 Å². The molecular formula is C13H16FN3O. The van der Waals surface area contributed by atoms with Crippen LogP contribution in [0.1, 0.15) is 5.69 Å². The maximum atomic E-state index is 13.3. The number of nitrogens with zero attached hydrogens (tertiary/aromatic N) is 2. The van der Waals surface area contributed by atoms with Crippen LogP contribution in [0.2, 0.25) is 0 Å². The SMILES string of the molecule is COc1ccc(F)cc1-c1ncc(CCN)n1C. The number of hydrogen-bond acceptors (Lipinski definition) is 3. The van der Waals surface area contributed by atoms with Crippen LogP contribution in [0.4, 0.5) is 4.39 Å². The van der Waals surface area contributed by atoms with Gasteiger partial charge in [0, 0.05) is 25.4 Å². The highest BCUT2D eigenvalue weighted by Crippen LogP contribution is 2.29. The highest BCUT2D eigenvalue weighted by molar-refractivity contribution is 5.65. The van der Waals surface area contributed by atoms with Gasteiger partial charge in [-0.2, -0.15) is 0 Å². The summed E-state index contributed by atoms with van der Waals surface area (Å²) in [5.41, 5.74) is 7.19. The molecule has 0 unspecified atom stereocenters. The number of ether oxygens (including phenoxy) is 1. The zero-order valence-corrected chi connectivity index (χ0v) is 10.5. The first-order valence-corrected chi connectivity index (χ1v) is 5.72. The van der Waals surface area contributed by atoms with E-state index in [1.165, 1.54) is 12.1 Å². The second-order valence-electron chi connectivity index (χ2n) is 4.02. The van der Waals surface area contributed by atoms with E-state index >= 15 is 0 Å². The quantitative estimate of drug-likeness (QED) is 0.898. The lowest BCUT2D eigenvalue weighted by atomic mass is 10.2. The van der Waals surface area contributed by atoms with E-state index < -0.39 is 0 Å². The van der Waals surface area contributed by atoms with Gasteiger partial charge < -0.3 is 15.0 Å². The van der Waals surface area contributed by atoms with Crippen LogP contribution in [0, 0.1) is 5.82 Å². The molecule has 0 bridgehead atoms. The predicted molar refractivity (Wildman–Crippen MR) is 67.9 cm³/mol. The van der Waals surface area contributed by atoms with Gasteiger partial charge in [0.05, 0.1) is 12.7 Å². The van der Waals surface area contributed by atoms with Crippen LogP contribution in [0.5, 0.6) is 5.75 Å². The average molecular weight is 249 g/mol. The summed E-state index contributed by atoms with van der Waals surface area (Å²) in [4.78, 5) is 4.32. The first-order valence-electron chi connectivity index (χ1n) is 5.72. The molecule has 96 valence electrons. The van der Waals surface area contributed by atoms with Gasteiger partial charge in [-0.15, -0.1) is 0 Å². The van der Waals surface area contributed by atoms with Crippen LogP contribution in [0.3, 0.4) is 0 Å². The van der Waals surface area contributed by atoms with Gasteiger partial charge in [-0.1, -0.05) is 0 Å². The molecule has 0 aliphatic rings. The topological polar surface area (TPSA) is 53.1 Å². The highest BCUT2D eigenvalue weighted by Gasteiger charge is 2.13. The lowest BCUT2D eigenvalue weighted by Crippen LogP contribution is -2.07. The van der Waals surface area contributed by atoms with Crippen LogP contribution >= 0.6 is 0 Å². The summed E-state index contributed by atoms with van der Waals surface area (Å²) < 4.78 is 20.5. The number of aromatic nitrogens is 2. The minimum atomic E-state index is -0.311. The van der Waals surface area contributed by atoms with Crippen molar-refractivity contribution in [3.8, 4) is 17.1 Å². The molecule has 2 aromatic rings. The first kappa shape index (κ1) is 12.6. The van der Waals surface area contributed by atoms with Crippen LogP contribution in [0.25, 0.3) is 11.4 Å². The number of halogens is 1.